The molecular weight excluding hydrogens is 349 g/mol. The van der Waals surface area contributed by atoms with Crippen molar-refractivity contribution in [3.8, 4) is 11.5 Å². The van der Waals surface area contributed by atoms with E-state index in [9.17, 15) is 13.2 Å². The quantitative estimate of drug-likeness (QED) is 0.697. The minimum atomic E-state index is -4.69. The van der Waals surface area contributed by atoms with Gasteiger partial charge in [-0.05, 0) is 65.2 Å². The van der Waals surface area contributed by atoms with Crippen molar-refractivity contribution in [2.24, 2.45) is 11.8 Å². The largest absolute Gasteiger partial charge is 0.573 e. The summed E-state index contributed by atoms with van der Waals surface area (Å²) in [5.74, 6) is 1.59. The Hall–Kier alpha value is -0.910. The molecule has 3 unspecified atom stereocenters. The van der Waals surface area contributed by atoms with Crippen LogP contribution in [0.2, 0.25) is 0 Å². The van der Waals surface area contributed by atoms with Crippen LogP contribution in [0, 0.1) is 11.8 Å². The number of benzene rings is 1. The third kappa shape index (κ3) is 4.80. The lowest BCUT2D eigenvalue weighted by Gasteiger charge is -2.32. The van der Waals surface area contributed by atoms with E-state index < -0.39 is 6.36 Å². The van der Waals surface area contributed by atoms with Gasteiger partial charge in [-0.15, -0.1) is 13.2 Å². The molecule has 0 radical (unpaired) electrons. The summed E-state index contributed by atoms with van der Waals surface area (Å²) in [6.07, 6.45) is -1.51. The number of hydrogen-bond donors (Lipinski definition) is 0. The summed E-state index contributed by atoms with van der Waals surface area (Å²) in [4.78, 5) is 0. The Bertz CT molecular complexity index is 490. The highest BCUT2D eigenvalue weighted by atomic mass is 79.9. The summed E-state index contributed by atoms with van der Waals surface area (Å²) in [6, 6.07) is 4.29. The first-order chi connectivity index (χ1) is 9.74. The second-order valence-electron chi connectivity index (χ2n) is 5.65. The molecule has 0 aliphatic heterocycles. The Morgan fingerprint density at radius 2 is 1.86 bits per heavy atom. The van der Waals surface area contributed by atoms with Crippen LogP contribution in [0.4, 0.5) is 13.2 Å². The van der Waals surface area contributed by atoms with Crippen molar-refractivity contribution < 1.29 is 22.6 Å². The van der Waals surface area contributed by atoms with Gasteiger partial charge >= 0.3 is 6.36 Å². The van der Waals surface area contributed by atoms with Crippen molar-refractivity contribution in [3.63, 3.8) is 0 Å². The van der Waals surface area contributed by atoms with E-state index in [1.165, 1.54) is 18.2 Å². The van der Waals surface area contributed by atoms with Crippen LogP contribution in [0.1, 0.15) is 33.1 Å². The van der Waals surface area contributed by atoms with Gasteiger partial charge in [-0.3, -0.25) is 0 Å². The van der Waals surface area contributed by atoms with Gasteiger partial charge in [0.05, 0.1) is 10.6 Å². The highest BCUT2D eigenvalue weighted by Crippen LogP contribution is 2.36. The fraction of sp³-hybridized carbons (Fsp3) is 0.600. The summed E-state index contributed by atoms with van der Waals surface area (Å²) >= 11 is 3.08. The number of halogens is 4. The van der Waals surface area contributed by atoms with Crippen LogP contribution in [-0.4, -0.2) is 12.5 Å². The predicted octanol–water partition coefficient (Wildman–Crippen LogP) is 5.55. The molecule has 3 atom stereocenters. The number of ether oxygens (including phenoxy) is 2. The molecule has 2 rings (SSSR count). The topological polar surface area (TPSA) is 18.5 Å². The van der Waals surface area contributed by atoms with Crippen molar-refractivity contribution in [2.45, 2.75) is 45.6 Å². The van der Waals surface area contributed by atoms with Gasteiger partial charge in [0.2, 0.25) is 0 Å². The summed E-state index contributed by atoms with van der Waals surface area (Å²) in [5.41, 5.74) is 0. The van der Waals surface area contributed by atoms with Crippen LogP contribution in [-0.2, 0) is 0 Å². The zero-order chi connectivity index (χ0) is 15.6. The molecule has 0 heterocycles. The minimum Gasteiger partial charge on any atom is -0.490 e. The molecule has 6 heteroatoms. The van der Waals surface area contributed by atoms with Crippen molar-refractivity contribution in [3.05, 3.63) is 22.7 Å². The SMILES string of the molecule is CC1CCC(Oc2ccc(OC(F)(F)F)c(Br)c2)CC1C. The molecule has 0 amide bonds. The van der Waals surface area contributed by atoms with E-state index in [0.717, 1.165) is 19.3 Å². The molecule has 1 fully saturated rings. The smallest absolute Gasteiger partial charge is 0.490 e. The maximum Gasteiger partial charge on any atom is 0.573 e. The molecule has 21 heavy (non-hydrogen) atoms. The standard InChI is InChI=1S/C15H18BrF3O2/c1-9-3-4-11(7-10(9)2)20-12-5-6-14(13(16)8-12)21-15(17,18)19/h5-6,8-11H,3-4,7H2,1-2H3. The molecule has 0 spiro atoms. The van der Waals surface area contributed by atoms with Crippen LogP contribution < -0.4 is 9.47 Å². The number of alkyl halides is 3. The van der Waals surface area contributed by atoms with Crippen molar-refractivity contribution in [2.75, 3.05) is 0 Å². The Labute approximate surface area is 130 Å². The highest BCUT2D eigenvalue weighted by molar-refractivity contribution is 9.10. The highest BCUT2D eigenvalue weighted by Gasteiger charge is 2.32. The lowest BCUT2D eigenvalue weighted by atomic mass is 9.80. The fourth-order valence-corrected chi connectivity index (χ4v) is 3.00. The lowest BCUT2D eigenvalue weighted by Crippen LogP contribution is -2.28. The first kappa shape index (κ1) is 16.5. The first-order valence-electron chi connectivity index (χ1n) is 6.96. The normalized spacial score (nSPS) is 26.5. The molecule has 1 aromatic rings. The van der Waals surface area contributed by atoms with Gasteiger partial charge < -0.3 is 9.47 Å². The molecule has 118 valence electrons. The summed E-state index contributed by atoms with van der Waals surface area (Å²) in [5, 5.41) is 0. The predicted molar refractivity (Wildman–Crippen MR) is 77.4 cm³/mol. The van der Waals surface area contributed by atoms with E-state index >= 15 is 0 Å². The fourth-order valence-electron chi connectivity index (χ4n) is 2.56. The average Bonchev–Trinajstić information content (AvgIpc) is 2.36. The van der Waals surface area contributed by atoms with Gasteiger partial charge in [0.15, 0.2) is 0 Å². The van der Waals surface area contributed by atoms with Crippen LogP contribution in [0.3, 0.4) is 0 Å². The van der Waals surface area contributed by atoms with Gasteiger partial charge in [-0.2, -0.15) is 0 Å². The van der Waals surface area contributed by atoms with Gasteiger partial charge in [-0.25, -0.2) is 0 Å². The molecule has 1 aliphatic carbocycles. The Kier molecular flexibility index (Phi) is 5.07. The molecule has 0 aromatic heterocycles. The van der Waals surface area contributed by atoms with E-state index in [1.54, 1.807) is 0 Å². The Morgan fingerprint density at radius 3 is 2.43 bits per heavy atom. The summed E-state index contributed by atoms with van der Waals surface area (Å²) in [6.45, 7) is 4.44. The zero-order valence-corrected chi connectivity index (χ0v) is 13.5. The van der Waals surface area contributed by atoms with Crippen LogP contribution in [0.15, 0.2) is 22.7 Å². The summed E-state index contributed by atoms with van der Waals surface area (Å²) < 4.78 is 46.6. The van der Waals surface area contributed by atoms with Gasteiger partial charge in [0.25, 0.3) is 0 Å². The monoisotopic (exact) mass is 366 g/mol. The lowest BCUT2D eigenvalue weighted by molar-refractivity contribution is -0.274. The van der Waals surface area contributed by atoms with E-state index in [2.05, 4.69) is 34.5 Å². The van der Waals surface area contributed by atoms with Crippen molar-refractivity contribution >= 4 is 15.9 Å². The van der Waals surface area contributed by atoms with Gasteiger partial charge in [0, 0.05) is 0 Å². The maximum absolute atomic E-state index is 12.2. The number of rotatable bonds is 3. The van der Waals surface area contributed by atoms with Gasteiger partial charge in [0.1, 0.15) is 11.5 Å². The third-order valence-corrected chi connectivity index (χ3v) is 4.60. The molecule has 0 saturated heterocycles. The Morgan fingerprint density at radius 1 is 1.14 bits per heavy atom. The molecule has 1 saturated carbocycles. The second-order valence-corrected chi connectivity index (χ2v) is 6.50. The van der Waals surface area contributed by atoms with Crippen molar-refractivity contribution in [1.82, 2.24) is 0 Å². The molecule has 2 nitrogen and oxygen atoms in total. The molecule has 1 aliphatic rings. The van der Waals surface area contributed by atoms with Gasteiger partial charge in [-0.1, -0.05) is 13.8 Å². The maximum atomic E-state index is 12.2. The van der Waals surface area contributed by atoms with Crippen LogP contribution in [0.25, 0.3) is 0 Å². The average molecular weight is 367 g/mol. The summed E-state index contributed by atoms with van der Waals surface area (Å²) in [7, 11) is 0. The van der Waals surface area contributed by atoms with E-state index in [1.807, 2.05) is 0 Å². The van der Waals surface area contributed by atoms with E-state index in [0.29, 0.717) is 17.6 Å². The van der Waals surface area contributed by atoms with E-state index in [-0.39, 0.29) is 16.3 Å². The second kappa shape index (κ2) is 6.46. The van der Waals surface area contributed by atoms with Crippen molar-refractivity contribution in [1.29, 1.82) is 0 Å². The number of hydrogen-bond acceptors (Lipinski definition) is 2. The molecule has 1 aromatic carbocycles. The zero-order valence-electron chi connectivity index (χ0n) is 11.9. The first-order valence-corrected chi connectivity index (χ1v) is 7.76. The third-order valence-electron chi connectivity index (χ3n) is 3.98. The molecular formula is C15H18BrF3O2. The minimum absolute atomic E-state index is 0.123. The molecule has 0 N–H and O–H groups in total. The van der Waals surface area contributed by atoms with Crippen LogP contribution >= 0.6 is 15.9 Å². The van der Waals surface area contributed by atoms with Crippen LogP contribution in [0.5, 0.6) is 11.5 Å². The van der Waals surface area contributed by atoms with E-state index in [4.69, 9.17) is 4.74 Å². The Balaban J connectivity index is 2.00. The molecule has 0 bridgehead atoms.